The van der Waals surface area contributed by atoms with E-state index in [4.69, 9.17) is 4.74 Å². The molecule has 0 bridgehead atoms. The molecular formula is C17H13NO3. The monoisotopic (exact) mass is 279 g/mol. The number of pyridine rings is 1. The van der Waals surface area contributed by atoms with Crippen LogP contribution in [0.1, 0.15) is 15.9 Å². The first-order valence-electron chi connectivity index (χ1n) is 6.50. The number of ether oxygens (including phenoxy) is 1. The fourth-order valence-corrected chi connectivity index (χ4v) is 2.23. The summed E-state index contributed by atoms with van der Waals surface area (Å²) >= 11 is 0. The van der Waals surface area contributed by atoms with Crippen molar-refractivity contribution in [2.24, 2.45) is 0 Å². The summed E-state index contributed by atoms with van der Waals surface area (Å²) in [4.78, 5) is 27.8. The number of ketones is 1. The van der Waals surface area contributed by atoms with E-state index in [1.807, 2.05) is 6.07 Å². The van der Waals surface area contributed by atoms with Gasteiger partial charge < -0.3 is 9.72 Å². The summed E-state index contributed by atoms with van der Waals surface area (Å²) in [6.45, 7) is 0. The number of hydrogen-bond acceptors (Lipinski definition) is 3. The average molecular weight is 279 g/mol. The minimum absolute atomic E-state index is 0.138. The van der Waals surface area contributed by atoms with Gasteiger partial charge in [0.25, 0.3) is 0 Å². The van der Waals surface area contributed by atoms with Crippen molar-refractivity contribution in [3.05, 3.63) is 76.1 Å². The molecule has 0 aliphatic heterocycles. The summed E-state index contributed by atoms with van der Waals surface area (Å²) in [7, 11) is 1.56. The second-order valence-corrected chi connectivity index (χ2v) is 4.63. The molecule has 1 N–H and O–H groups in total. The van der Waals surface area contributed by atoms with Crippen LogP contribution in [0.4, 0.5) is 0 Å². The van der Waals surface area contributed by atoms with Crippen molar-refractivity contribution in [2.75, 3.05) is 7.11 Å². The number of aromatic amines is 1. The lowest BCUT2D eigenvalue weighted by Gasteiger charge is -2.04. The molecule has 1 aromatic heterocycles. The van der Waals surface area contributed by atoms with Gasteiger partial charge in [-0.25, -0.2) is 0 Å². The van der Waals surface area contributed by atoms with Crippen molar-refractivity contribution in [3.63, 3.8) is 0 Å². The first-order chi connectivity index (χ1) is 10.2. The molecular weight excluding hydrogens is 266 g/mol. The van der Waals surface area contributed by atoms with E-state index >= 15 is 0 Å². The Hall–Kier alpha value is -2.88. The molecule has 0 spiro atoms. The Morgan fingerprint density at radius 3 is 2.48 bits per heavy atom. The number of benzene rings is 2. The van der Waals surface area contributed by atoms with Gasteiger partial charge >= 0.3 is 0 Å². The largest absolute Gasteiger partial charge is 0.497 e. The zero-order valence-corrected chi connectivity index (χ0v) is 11.4. The molecule has 0 aliphatic rings. The van der Waals surface area contributed by atoms with E-state index in [2.05, 4.69) is 4.98 Å². The maximum absolute atomic E-state index is 12.4. The highest BCUT2D eigenvalue weighted by atomic mass is 16.5. The van der Waals surface area contributed by atoms with Gasteiger partial charge in [-0.1, -0.05) is 12.1 Å². The van der Waals surface area contributed by atoms with Crippen LogP contribution < -0.4 is 10.2 Å². The molecule has 2 aromatic carbocycles. The van der Waals surface area contributed by atoms with E-state index in [0.29, 0.717) is 22.2 Å². The van der Waals surface area contributed by atoms with Gasteiger partial charge in [-0.05, 0) is 36.4 Å². The van der Waals surface area contributed by atoms with Crippen LogP contribution in [-0.2, 0) is 0 Å². The second kappa shape index (κ2) is 5.25. The fraction of sp³-hybridized carbons (Fsp3) is 0.0588. The molecule has 1 heterocycles. The lowest BCUT2D eigenvalue weighted by atomic mass is 10.0. The van der Waals surface area contributed by atoms with Crippen LogP contribution in [0.2, 0.25) is 0 Å². The van der Waals surface area contributed by atoms with E-state index in [1.165, 1.54) is 6.20 Å². The van der Waals surface area contributed by atoms with Gasteiger partial charge in [0, 0.05) is 22.7 Å². The maximum atomic E-state index is 12.4. The highest BCUT2D eigenvalue weighted by molar-refractivity contribution is 6.10. The molecule has 0 saturated heterocycles. The standard InChI is InChI=1S/C17H13NO3/c1-21-12-8-6-11(7-9-12)16(19)14-10-18-15-5-3-2-4-13(15)17(14)20/h2-10H,1H3,(H,18,20). The van der Waals surface area contributed by atoms with Crippen molar-refractivity contribution in [2.45, 2.75) is 0 Å². The Morgan fingerprint density at radius 1 is 1.05 bits per heavy atom. The van der Waals surface area contributed by atoms with Gasteiger partial charge in [0.1, 0.15) is 5.75 Å². The third kappa shape index (κ3) is 2.31. The predicted molar refractivity (Wildman–Crippen MR) is 81.0 cm³/mol. The molecule has 0 unspecified atom stereocenters. The molecule has 4 nitrogen and oxygen atoms in total. The van der Waals surface area contributed by atoms with Crippen molar-refractivity contribution >= 4 is 16.7 Å². The van der Waals surface area contributed by atoms with E-state index in [9.17, 15) is 9.59 Å². The first-order valence-corrected chi connectivity index (χ1v) is 6.50. The Kier molecular flexibility index (Phi) is 3.28. The van der Waals surface area contributed by atoms with Crippen molar-refractivity contribution in [1.29, 1.82) is 0 Å². The van der Waals surface area contributed by atoms with E-state index in [0.717, 1.165) is 0 Å². The molecule has 21 heavy (non-hydrogen) atoms. The minimum atomic E-state index is -0.301. The summed E-state index contributed by atoms with van der Waals surface area (Å²) in [6, 6.07) is 13.8. The molecule has 3 aromatic rings. The predicted octanol–water partition coefficient (Wildman–Crippen LogP) is 2.77. The minimum Gasteiger partial charge on any atom is -0.497 e. The number of hydrogen-bond donors (Lipinski definition) is 1. The lowest BCUT2D eigenvalue weighted by Crippen LogP contribution is -2.16. The molecule has 104 valence electrons. The molecule has 3 rings (SSSR count). The van der Waals surface area contributed by atoms with E-state index < -0.39 is 0 Å². The Morgan fingerprint density at radius 2 is 1.76 bits per heavy atom. The third-order valence-corrected chi connectivity index (χ3v) is 3.39. The van der Waals surface area contributed by atoms with Gasteiger partial charge in [-0.3, -0.25) is 9.59 Å². The summed E-state index contributed by atoms with van der Waals surface area (Å²) in [5.41, 5.74) is 1.05. The van der Waals surface area contributed by atoms with Crippen LogP contribution in [0.3, 0.4) is 0 Å². The van der Waals surface area contributed by atoms with Gasteiger partial charge in [-0.15, -0.1) is 0 Å². The SMILES string of the molecule is COc1ccc(C(=O)c2c[nH]c3ccccc3c2=O)cc1. The van der Waals surface area contributed by atoms with Crippen molar-refractivity contribution in [1.82, 2.24) is 4.98 Å². The first kappa shape index (κ1) is 13.1. The third-order valence-electron chi connectivity index (χ3n) is 3.39. The van der Waals surface area contributed by atoms with Gasteiger partial charge in [0.2, 0.25) is 5.43 Å². The highest BCUT2D eigenvalue weighted by Crippen LogP contribution is 2.15. The molecule has 0 fully saturated rings. The quantitative estimate of drug-likeness (QED) is 0.750. The van der Waals surface area contributed by atoms with Crippen LogP contribution in [0.15, 0.2) is 59.5 Å². The second-order valence-electron chi connectivity index (χ2n) is 4.63. The van der Waals surface area contributed by atoms with Crippen molar-refractivity contribution in [3.8, 4) is 5.75 Å². The van der Waals surface area contributed by atoms with Crippen LogP contribution >= 0.6 is 0 Å². The number of nitrogens with one attached hydrogen (secondary N) is 1. The van der Waals surface area contributed by atoms with Crippen LogP contribution in [-0.4, -0.2) is 17.9 Å². The smallest absolute Gasteiger partial charge is 0.200 e. The average Bonchev–Trinajstić information content (AvgIpc) is 2.55. The zero-order valence-electron chi connectivity index (χ0n) is 11.4. The number of rotatable bonds is 3. The van der Waals surface area contributed by atoms with Crippen molar-refractivity contribution < 1.29 is 9.53 Å². The summed E-state index contributed by atoms with van der Waals surface area (Å²) in [5.74, 6) is 0.364. The zero-order chi connectivity index (χ0) is 14.8. The van der Waals surface area contributed by atoms with Crippen LogP contribution in [0.5, 0.6) is 5.75 Å². The maximum Gasteiger partial charge on any atom is 0.200 e. The fourth-order valence-electron chi connectivity index (χ4n) is 2.23. The molecule has 0 atom stereocenters. The van der Waals surface area contributed by atoms with Crippen LogP contribution in [0, 0.1) is 0 Å². The molecule has 0 aliphatic carbocycles. The molecule has 0 saturated carbocycles. The summed E-state index contributed by atoms with van der Waals surface area (Å²) in [5, 5.41) is 0.511. The van der Waals surface area contributed by atoms with E-state index in [1.54, 1.807) is 49.6 Å². The Bertz CT molecular complexity index is 863. The molecule has 4 heteroatoms. The Labute approximate surface area is 121 Å². The van der Waals surface area contributed by atoms with E-state index in [-0.39, 0.29) is 16.8 Å². The number of para-hydroxylation sites is 1. The molecule has 0 radical (unpaired) electrons. The number of carbonyl (C=O) groups is 1. The number of aromatic nitrogens is 1. The Balaban J connectivity index is 2.09. The highest BCUT2D eigenvalue weighted by Gasteiger charge is 2.14. The summed E-state index contributed by atoms with van der Waals surface area (Å²) < 4.78 is 5.06. The lowest BCUT2D eigenvalue weighted by molar-refractivity contribution is 0.103. The number of fused-ring (bicyclic) bond motifs is 1. The van der Waals surface area contributed by atoms with Gasteiger partial charge in [0.15, 0.2) is 5.78 Å². The normalized spacial score (nSPS) is 10.5. The van der Waals surface area contributed by atoms with Gasteiger partial charge in [-0.2, -0.15) is 0 Å². The molecule has 0 amide bonds. The topological polar surface area (TPSA) is 59.2 Å². The number of carbonyl (C=O) groups excluding carboxylic acids is 1. The van der Waals surface area contributed by atoms with Gasteiger partial charge in [0.05, 0.1) is 12.7 Å². The number of methoxy groups -OCH3 is 1. The van der Waals surface area contributed by atoms with Crippen LogP contribution in [0.25, 0.3) is 10.9 Å². The summed E-state index contributed by atoms with van der Waals surface area (Å²) in [6.07, 6.45) is 1.47. The number of H-pyrrole nitrogens is 1.